The van der Waals surface area contributed by atoms with Crippen molar-refractivity contribution in [3.63, 3.8) is 0 Å². The third kappa shape index (κ3) is 3.04. The van der Waals surface area contributed by atoms with Crippen molar-refractivity contribution in [2.24, 2.45) is 5.92 Å². The van der Waals surface area contributed by atoms with Gasteiger partial charge in [-0.2, -0.15) is 5.26 Å². The van der Waals surface area contributed by atoms with Gasteiger partial charge in [-0.25, -0.2) is 23.1 Å². The van der Waals surface area contributed by atoms with Gasteiger partial charge in [0.25, 0.3) is 0 Å². The zero-order chi connectivity index (χ0) is 18.3. The van der Waals surface area contributed by atoms with E-state index in [1.807, 2.05) is 19.3 Å². The van der Waals surface area contributed by atoms with Crippen LogP contribution in [0.1, 0.15) is 32.1 Å². The molecule has 2 aromatic rings. The SMILES string of the molecule is CN(c1ncnc2[nH]ccc12)[C@H]1C[C@@H](NS(=O)(=O)[C@@H]2CC[C@H](C#N)C2)C1. The van der Waals surface area contributed by atoms with Crippen LogP contribution in [0.3, 0.4) is 0 Å². The lowest BCUT2D eigenvalue weighted by Gasteiger charge is -2.42. The molecule has 2 aliphatic carbocycles. The van der Waals surface area contributed by atoms with Crippen LogP contribution in [0.25, 0.3) is 11.0 Å². The normalized spacial score (nSPS) is 28.6. The summed E-state index contributed by atoms with van der Waals surface area (Å²) in [6, 6.07) is 4.33. The Morgan fingerprint density at radius 1 is 1.31 bits per heavy atom. The van der Waals surface area contributed by atoms with Gasteiger partial charge in [0, 0.05) is 31.2 Å². The van der Waals surface area contributed by atoms with E-state index in [1.54, 1.807) is 0 Å². The van der Waals surface area contributed by atoms with Crippen LogP contribution in [0.4, 0.5) is 5.82 Å². The van der Waals surface area contributed by atoms with Crippen molar-refractivity contribution in [3.8, 4) is 6.07 Å². The third-order valence-electron chi connectivity index (χ3n) is 5.66. The van der Waals surface area contributed by atoms with Crippen LogP contribution in [0.2, 0.25) is 0 Å². The average Bonchev–Trinajstić information content (AvgIpc) is 3.25. The Kier molecular flexibility index (Phi) is 4.32. The van der Waals surface area contributed by atoms with Crippen LogP contribution in [0.5, 0.6) is 0 Å². The van der Waals surface area contributed by atoms with Gasteiger partial charge in [-0.05, 0) is 38.2 Å². The first-order chi connectivity index (χ1) is 12.5. The first-order valence-corrected chi connectivity index (χ1v) is 10.4. The highest BCUT2D eigenvalue weighted by atomic mass is 32.2. The molecule has 2 heterocycles. The predicted octanol–water partition coefficient (Wildman–Crippen LogP) is 1.54. The molecule has 2 fully saturated rings. The lowest BCUT2D eigenvalue weighted by atomic mass is 9.86. The number of fused-ring (bicyclic) bond motifs is 1. The molecule has 4 rings (SSSR count). The van der Waals surface area contributed by atoms with E-state index < -0.39 is 15.3 Å². The lowest BCUT2D eigenvalue weighted by molar-refractivity contribution is 0.315. The number of nitrogens with zero attached hydrogens (tertiary/aromatic N) is 4. The molecule has 9 heteroatoms. The standard InChI is InChI=1S/C17H22N6O2S/c1-23(17-15-4-5-19-16(15)20-10-21-17)13-7-12(8-13)22-26(24,25)14-3-2-11(6-14)9-18/h4-5,10-14,22H,2-3,6-8H2,1H3,(H,19,20,21)/t11-,12-,13+,14+/m0/s1. The van der Waals surface area contributed by atoms with Crippen molar-refractivity contribution >= 4 is 26.9 Å². The molecule has 138 valence electrons. The number of hydrogen-bond acceptors (Lipinski definition) is 6. The minimum atomic E-state index is -3.35. The number of nitriles is 1. The minimum Gasteiger partial charge on any atom is -0.356 e. The fourth-order valence-corrected chi connectivity index (χ4v) is 5.76. The highest BCUT2D eigenvalue weighted by Gasteiger charge is 2.40. The molecule has 0 unspecified atom stereocenters. The molecule has 8 nitrogen and oxygen atoms in total. The fraction of sp³-hybridized carbons (Fsp3) is 0.588. The van der Waals surface area contributed by atoms with Gasteiger partial charge in [-0.15, -0.1) is 0 Å². The topological polar surface area (TPSA) is 115 Å². The van der Waals surface area contributed by atoms with Crippen LogP contribution in [-0.2, 0) is 10.0 Å². The number of nitrogens with one attached hydrogen (secondary N) is 2. The summed E-state index contributed by atoms with van der Waals surface area (Å²) in [6.45, 7) is 0. The average molecular weight is 374 g/mol. The quantitative estimate of drug-likeness (QED) is 0.820. The molecule has 2 aromatic heterocycles. The monoisotopic (exact) mass is 374 g/mol. The first kappa shape index (κ1) is 17.2. The Morgan fingerprint density at radius 3 is 2.85 bits per heavy atom. The van der Waals surface area contributed by atoms with E-state index in [1.165, 1.54) is 6.33 Å². The number of anilines is 1. The fourth-order valence-electron chi connectivity index (χ4n) is 3.98. The van der Waals surface area contributed by atoms with Gasteiger partial charge in [0.05, 0.1) is 16.7 Å². The molecule has 0 saturated heterocycles. The zero-order valence-corrected chi connectivity index (χ0v) is 15.4. The van der Waals surface area contributed by atoms with E-state index in [2.05, 4.69) is 30.6 Å². The smallest absolute Gasteiger partial charge is 0.214 e. The van der Waals surface area contributed by atoms with Gasteiger partial charge in [0.1, 0.15) is 17.8 Å². The van der Waals surface area contributed by atoms with Crippen molar-refractivity contribution in [1.82, 2.24) is 19.7 Å². The van der Waals surface area contributed by atoms with Crippen molar-refractivity contribution in [3.05, 3.63) is 18.6 Å². The van der Waals surface area contributed by atoms with Gasteiger partial charge in [0.15, 0.2) is 0 Å². The van der Waals surface area contributed by atoms with E-state index in [0.29, 0.717) is 19.3 Å². The van der Waals surface area contributed by atoms with E-state index in [4.69, 9.17) is 5.26 Å². The summed E-state index contributed by atoms with van der Waals surface area (Å²) in [5.74, 6) is 0.730. The van der Waals surface area contributed by atoms with E-state index >= 15 is 0 Å². The Morgan fingerprint density at radius 2 is 2.12 bits per heavy atom. The van der Waals surface area contributed by atoms with Gasteiger partial charge < -0.3 is 9.88 Å². The van der Waals surface area contributed by atoms with Crippen molar-refractivity contribution in [2.45, 2.75) is 49.4 Å². The Hall–Kier alpha value is -2.18. The predicted molar refractivity (Wildman–Crippen MR) is 97.9 cm³/mol. The Balaban J connectivity index is 1.37. The molecule has 2 N–H and O–H groups in total. The van der Waals surface area contributed by atoms with E-state index in [0.717, 1.165) is 29.7 Å². The molecule has 2 saturated carbocycles. The first-order valence-electron chi connectivity index (χ1n) is 8.89. The lowest BCUT2D eigenvalue weighted by Crippen LogP contribution is -2.54. The van der Waals surface area contributed by atoms with Crippen LogP contribution in [-0.4, -0.2) is 47.8 Å². The molecule has 0 aliphatic heterocycles. The highest BCUT2D eigenvalue weighted by molar-refractivity contribution is 7.90. The molecule has 0 aromatic carbocycles. The van der Waals surface area contributed by atoms with Crippen molar-refractivity contribution in [2.75, 3.05) is 11.9 Å². The molecule has 0 radical (unpaired) electrons. The number of aromatic nitrogens is 3. The molecule has 0 spiro atoms. The van der Waals surface area contributed by atoms with Gasteiger partial charge in [-0.3, -0.25) is 0 Å². The number of H-pyrrole nitrogens is 1. The van der Waals surface area contributed by atoms with Gasteiger partial charge >= 0.3 is 0 Å². The summed E-state index contributed by atoms with van der Waals surface area (Å²) in [4.78, 5) is 13.8. The summed E-state index contributed by atoms with van der Waals surface area (Å²) in [7, 11) is -1.37. The van der Waals surface area contributed by atoms with Crippen LogP contribution in [0.15, 0.2) is 18.6 Å². The summed E-state index contributed by atoms with van der Waals surface area (Å²) in [5, 5.41) is 9.51. The summed E-state index contributed by atoms with van der Waals surface area (Å²) >= 11 is 0. The van der Waals surface area contributed by atoms with Crippen LogP contribution in [0, 0.1) is 17.2 Å². The molecule has 2 aliphatic rings. The van der Waals surface area contributed by atoms with Crippen LogP contribution < -0.4 is 9.62 Å². The van der Waals surface area contributed by atoms with E-state index in [-0.39, 0.29) is 18.0 Å². The summed E-state index contributed by atoms with van der Waals surface area (Å²) < 4.78 is 27.9. The largest absolute Gasteiger partial charge is 0.356 e. The zero-order valence-electron chi connectivity index (χ0n) is 14.6. The number of hydrogen-bond donors (Lipinski definition) is 2. The molecular weight excluding hydrogens is 352 g/mol. The maximum absolute atomic E-state index is 12.5. The van der Waals surface area contributed by atoms with E-state index in [9.17, 15) is 8.42 Å². The number of aromatic amines is 1. The molecule has 0 amide bonds. The van der Waals surface area contributed by atoms with Gasteiger partial charge in [-0.1, -0.05) is 0 Å². The molecule has 2 atom stereocenters. The molecular formula is C17H22N6O2S. The van der Waals surface area contributed by atoms with Crippen LogP contribution >= 0.6 is 0 Å². The minimum absolute atomic E-state index is 0.0443. The second-order valence-corrected chi connectivity index (χ2v) is 9.29. The highest BCUT2D eigenvalue weighted by Crippen LogP contribution is 2.34. The maximum atomic E-state index is 12.5. The maximum Gasteiger partial charge on any atom is 0.214 e. The van der Waals surface area contributed by atoms with Crippen molar-refractivity contribution in [1.29, 1.82) is 5.26 Å². The number of sulfonamides is 1. The van der Waals surface area contributed by atoms with Gasteiger partial charge in [0.2, 0.25) is 10.0 Å². The second-order valence-electron chi connectivity index (χ2n) is 7.29. The Labute approximate surface area is 152 Å². The second kappa shape index (κ2) is 6.52. The third-order valence-corrected chi connectivity index (χ3v) is 7.63. The molecule has 26 heavy (non-hydrogen) atoms. The Bertz CT molecular complexity index is 944. The summed E-state index contributed by atoms with van der Waals surface area (Å²) in [5.41, 5.74) is 0.798. The summed E-state index contributed by atoms with van der Waals surface area (Å²) in [6.07, 6.45) is 6.59. The van der Waals surface area contributed by atoms with Crippen molar-refractivity contribution < 1.29 is 8.42 Å². The number of rotatable bonds is 5. The molecule has 0 bridgehead atoms.